The lowest BCUT2D eigenvalue weighted by atomic mass is 10.2. The Morgan fingerprint density at radius 3 is 2.71 bits per heavy atom. The minimum atomic E-state index is -0.250. The maximum Gasteiger partial charge on any atom is 0.321 e. The molecule has 1 amide bonds. The Morgan fingerprint density at radius 1 is 1.14 bits per heavy atom. The Labute approximate surface area is 161 Å². The van der Waals surface area contributed by atoms with Crippen LogP contribution in [0.3, 0.4) is 0 Å². The number of anilines is 1. The van der Waals surface area contributed by atoms with Crippen LogP contribution in [0.5, 0.6) is 6.01 Å². The van der Waals surface area contributed by atoms with E-state index in [4.69, 9.17) is 9.47 Å². The fraction of sp³-hybridized carbons (Fsp3) is 0.333. The molecular formula is C18H19N7O3. The molecule has 0 saturated carbocycles. The largest absolute Gasteiger partial charge is 0.467 e. The van der Waals surface area contributed by atoms with E-state index in [0.717, 1.165) is 5.52 Å². The molecule has 4 rings (SSSR count). The summed E-state index contributed by atoms with van der Waals surface area (Å²) in [5.41, 5.74) is 1.88. The summed E-state index contributed by atoms with van der Waals surface area (Å²) in [7, 11) is 1.50. The van der Waals surface area contributed by atoms with Crippen LogP contribution in [0.1, 0.15) is 16.2 Å². The van der Waals surface area contributed by atoms with Crippen LogP contribution in [-0.4, -0.2) is 64.2 Å². The van der Waals surface area contributed by atoms with Gasteiger partial charge in [-0.2, -0.15) is 15.0 Å². The second kappa shape index (κ2) is 8.09. The second-order valence-corrected chi connectivity index (χ2v) is 6.08. The highest BCUT2D eigenvalue weighted by Crippen LogP contribution is 2.14. The molecule has 1 N–H and O–H groups in total. The van der Waals surface area contributed by atoms with Gasteiger partial charge in [-0.3, -0.25) is 14.8 Å². The number of benzene rings is 1. The van der Waals surface area contributed by atoms with Crippen molar-refractivity contribution in [3.05, 3.63) is 42.0 Å². The fourth-order valence-corrected chi connectivity index (χ4v) is 2.83. The van der Waals surface area contributed by atoms with Crippen molar-refractivity contribution in [3.63, 3.8) is 0 Å². The van der Waals surface area contributed by atoms with Crippen LogP contribution >= 0.6 is 0 Å². The van der Waals surface area contributed by atoms with E-state index in [2.05, 4.69) is 30.2 Å². The number of amides is 1. The molecule has 0 radical (unpaired) electrons. The first-order valence-corrected chi connectivity index (χ1v) is 8.83. The molecule has 3 aromatic rings. The van der Waals surface area contributed by atoms with Crippen LogP contribution in [0.4, 0.5) is 5.95 Å². The molecule has 0 spiro atoms. The van der Waals surface area contributed by atoms with Gasteiger partial charge < -0.3 is 19.7 Å². The summed E-state index contributed by atoms with van der Waals surface area (Å²) in [6.45, 7) is 2.76. The number of rotatable bonds is 5. The highest BCUT2D eigenvalue weighted by Gasteiger charge is 2.17. The number of nitrogens with one attached hydrogen (secondary N) is 1. The number of hydrogen-bond donors (Lipinski definition) is 1. The second-order valence-electron chi connectivity index (χ2n) is 6.08. The van der Waals surface area contributed by atoms with E-state index in [1.807, 2.05) is 4.90 Å². The standard InChI is InChI=1S/C18H19N7O3/c1-27-18-23-15(22-17(24-18)25-6-8-28-9-7-25)11-21-16(26)12-2-3-13-14(10-12)20-5-4-19-13/h2-5,10H,6-9,11H2,1H3,(H,21,26). The van der Waals surface area contributed by atoms with Crippen molar-refractivity contribution < 1.29 is 14.3 Å². The van der Waals surface area contributed by atoms with Crippen molar-refractivity contribution in [3.8, 4) is 6.01 Å². The van der Waals surface area contributed by atoms with Gasteiger partial charge in [-0.05, 0) is 18.2 Å². The van der Waals surface area contributed by atoms with E-state index in [1.165, 1.54) is 7.11 Å². The van der Waals surface area contributed by atoms with Crippen LogP contribution < -0.4 is 15.0 Å². The molecule has 2 aromatic heterocycles. The smallest absolute Gasteiger partial charge is 0.321 e. The van der Waals surface area contributed by atoms with Gasteiger partial charge in [0.15, 0.2) is 5.82 Å². The zero-order valence-electron chi connectivity index (χ0n) is 15.3. The van der Waals surface area contributed by atoms with Crippen LogP contribution in [-0.2, 0) is 11.3 Å². The molecule has 1 saturated heterocycles. The third kappa shape index (κ3) is 3.96. The van der Waals surface area contributed by atoms with E-state index >= 15 is 0 Å². The first kappa shape index (κ1) is 18.0. The lowest BCUT2D eigenvalue weighted by Gasteiger charge is -2.26. The number of aromatic nitrogens is 5. The number of hydrogen-bond acceptors (Lipinski definition) is 9. The van der Waals surface area contributed by atoms with Gasteiger partial charge in [0.05, 0.1) is 37.9 Å². The summed E-state index contributed by atoms with van der Waals surface area (Å²) in [4.78, 5) is 35.9. The number of carbonyl (C=O) groups excluding carboxylic acids is 1. The topological polar surface area (TPSA) is 115 Å². The molecule has 28 heavy (non-hydrogen) atoms. The van der Waals surface area contributed by atoms with Crippen LogP contribution in [0.25, 0.3) is 11.0 Å². The number of fused-ring (bicyclic) bond motifs is 1. The maximum absolute atomic E-state index is 12.5. The average molecular weight is 381 g/mol. The molecule has 0 atom stereocenters. The van der Waals surface area contributed by atoms with Gasteiger partial charge in [-0.25, -0.2) is 0 Å². The van der Waals surface area contributed by atoms with Crippen molar-refractivity contribution in [2.75, 3.05) is 38.3 Å². The van der Waals surface area contributed by atoms with E-state index < -0.39 is 0 Å². The number of carbonyl (C=O) groups is 1. The molecule has 1 aliphatic rings. The Kier molecular flexibility index (Phi) is 5.20. The van der Waals surface area contributed by atoms with Gasteiger partial charge in [-0.1, -0.05) is 0 Å². The first-order chi connectivity index (χ1) is 13.7. The molecule has 1 aliphatic heterocycles. The van der Waals surface area contributed by atoms with Crippen molar-refractivity contribution in [2.45, 2.75) is 6.54 Å². The first-order valence-electron chi connectivity index (χ1n) is 8.83. The van der Waals surface area contributed by atoms with Gasteiger partial charge >= 0.3 is 6.01 Å². The number of nitrogens with zero attached hydrogens (tertiary/aromatic N) is 6. The van der Waals surface area contributed by atoms with E-state index in [9.17, 15) is 4.79 Å². The number of ether oxygens (including phenoxy) is 2. The molecule has 1 fully saturated rings. The third-order valence-corrected chi connectivity index (χ3v) is 4.26. The molecule has 10 heteroatoms. The summed E-state index contributed by atoms with van der Waals surface area (Å²) in [5, 5.41) is 2.82. The summed E-state index contributed by atoms with van der Waals surface area (Å²) in [5.74, 6) is 0.683. The molecular weight excluding hydrogens is 362 g/mol. The summed E-state index contributed by atoms with van der Waals surface area (Å²) < 4.78 is 10.5. The van der Waals surface area contributed by atoms with Crippen LogP contribution in [0.2, 0.25) is 0 Å². The molecule has 3 heterocycles. The third-order valence-electron chi connectivity index (χ3n) is 4.26. The minimum absolute atomic E-state index is 0.146. The summed E-state index contributed by atoms with van der Waals surface area (Å²) in [6, 6.07) is 5.38. The molecule has 0 bridgehead atoms. The zero-order valence-corrected chi connectivity index (χ0v) is 15.3. The monoisotopic (exact) mass is 381 g/mol. The predicted octanol–water partition coefficient (Wildman–Crippen LogP) is 0.590. The number of methoxy groups -OCH3 is 1. The van der Waals surface area contributed by atoms with Gasteiger partial charge in [0, 0.05) is 31.0 Å². The van der Waals surface area contributed by atoms with Crippen LogP contribution in [0.15, 0.2) is 30.6 Å². The van der Waals surface area contributed by atoms with Gasteiger partial charge in [-0.15, -0.1) is 0 Å². The maximum atomic E-state index is 12.5. The van der Waals surface area contributed by atoms with E-state index in [1.54, 1.807) is 30.6 Å². The highest BCUT2D eigenvalue weighted by atomic mass is 16.5. The van der Waals surface area contributed by atoms with Crippen LogP contribution in [0, 0.1) is 0 Å². The Bertz CT molecular complexity index is 992. The Morgan fingerprint density at radius 2 is 1.93 bits per heavy atom. The van der Waals surface area contributed by atoms with E-state index in [0.29, 0.717) is 49.2 Å². The normalized spacial score (nSPS) is 14.1. The average Bonchev–Trinajstić information content (AvgIpc) is 2.77. The minimum Gasteiger partial charge on any atom is -0.467 e. The lowest BCUT2D eigenvalue weighted by Crippen LogP contribution is -2.37. The Balaban J connectivity index is 1.49. The van der Waals surface area contributed by atoms with Crippen molar-refractivity contribution >= 4 is 22.9 Å². The summed E-state index contributed by atoms with van der Waals surface area (Å²) >= 11 is 0. The van der Waals surface area contributed by atoms with Gasteiger partial charge in [0.25, 0.3) is 5.91 Å². The van der Waals surface area contributed by atoms with Gasteiger partial charge in [0.1, 0.15) is 0 Å². The van der Waals surface area contributed by atoms with E-state index in [-0.39, 0.29) is 18.5 Å². The zero-order chi connectivity index (χ0) is 19.3. The quantitative estimate of drug-likeness (QED) is 0.678. The molecule has 0 aliphatic carbocycles. The highest BCUT2D eigenvalue weighted by molar-refractivity contribution is 5.97. The molecule has 0 unspecified atom stereocenters. The fourth-order valence-electron chi connectivity index (χ4n) is 2.83. The Hall–Kier alpha value is -3.40. The number of morpholine rings is 1. The SMILES string of the molecule is COc1nc(CNC(=O)c2ccc3nccnc3c2)nc(N2CCOCC2)n1. The molecule has 144 valence electrons. The van der Waals surface area contributed by atoms with Crippen molar-refractivity contribution in [1.82, 2.24) is 30.2 Å². The van der Waals surface area contributed by atoms with Crippen molar-refractivity contribution in [2.24, 2.45) is 0 Å². The predicted molar refractivity (Wildman–Crippen MR) is 100 cm³/mol. The summed E-state index contributed by atoms with van der Waals surface area (Å²) in [6.07, 6.45) is 3.20. The molecule has 1 aromatic carbocycles. The van der Waals surface area contributed by atoms with Gasteiger partial charge in [0.2, 0.25) is 5.95 Å². The van der Waals surface area contributed by atoms with Crippen molar-refractivity contribution in [1.29, 1.82) is 0 Å². The molecule has 10 nitrogen and oxygen atoms in total. The lowest BCUT2D eigenvalue weighted by molar-refractivity contribution is 0.0949.